The van der Waals surface area contributed by atoms with Crippen LogP contribution in [0.4, 0.5) is 5.69 Å². The van der Waals surface area contributed by atoms with Gasteiger partial charge in [-0.05, 0) is 52.6 Å². The minimum absolute atomic E-state index is 0.140. The fourth-order valence-electron chi connectivity index (χ4n) is 5.53. The summed E-state index contributed by atoms with van der Waals surface area (Å²) >= 11 is 0. The average Bonchev–Trinajstić information content (AvgIpc) is 3.32. The van der Waals surface area contributed by atoms with E-state index in [1.54, 1.807) is 10.6 Å². The molecule has 0 saturated carbocycles. The molecular weight excluding hydrogens is 478 g/mol. The Morgan fingerprint density at radius 2 is 1.79 bits per heavy atom. The van der Waals surface area contributed by atoms with E-state index in [-0.39, 0.29) is 12.2 Å². The molecule has 0 saturated heterocycles. The third-order valence-corrected chi connectivity index (χ3v) is 7.32. The number of cyclic esters (lactones) is 1. The van der Waals surface area contributed by atoms with E-state index in [4.69, 9.17) is 15.5 Å². The Morgan fingerprint density at radius 1 is 1.03 bits per heavy atom. The molecule has 0 amide bonds. The maximum absolute atomic E-state index is 13.5. The number of nitrogens with two attached hydrogens (primary N) is 1. The molecule has 1 atom stereocenters. The van der Waals surface area contributed by atoms with Crippen molar-refractivity contribution in [2.75, 3.05) is 5.73 Å². The number of ether oxygens (including phenoxy) is 1. The number of nitrogen functional groups attached to an aromatic ring is 1. The zero-order chi connectivity index (χ0) is 26.6. The van der Waals surface area contributed by atoms with E-state index < -0.39 is 12.1 Å². The number of fused-ring (bicyclic) bond motifs is 7. The minimum Gasteiger partial charge on any atom is -0.458 e. The van der Waals surface area contributed by atoms with Crippen LogP contribution in [0, 0.1) is 0 Å². The third-order valence-electron chi connectivity index (χ3n) is 7.32. The van der Waals surface area contributed by atoms with Crippen molar-refractivity contribution in [3.8, 4) is 11.4 Å². The van der Waals surface area contributed by atoms with Crippen molar-refractivity contribution < 1.29 is 14.6 Å². The van der Waals surface area contributed by atoms with Gasteiger partial charge >= 0.3 is 5.97 Å². The van der Waals surface area contributed by atoms with E-state index in [1.807, 2.05) is 56.3 Å². The minimum atomic E-state index is -1.48. The number of rotatable bonds is 2. The number of aromatic nitrogens is 2. The van der Waals surface area contributed by atoms with Crippen LogP contribution in [0.15, 0.2) is 71.5 Å². The SMILES string of the molecule is CC.Nc1ccc(Cc2c3c(nc4ccc5ccccc5c24)-c2cc4c(c(=O)n2C3)COC(=O)C4O)cc1. The fraction of sp³-hybridized carbons (Fsp3) is 0.194. The monoisotopic (exact) mass is 505 g/mol. The van der Waals surface area contributed by atoms with Gasteiger partial charge in [-0.1, -0.05) is 56.3 Å². The largest absolute Gasteiger partial charge is 0.458 e. The summed E-state index contributed by atoms with van der Waals surface area (Å²) in [6.07, 6.45) is -0.836. The highest BCUT2D eigenvalue weighted by Crippen LogP contribution is 2.40. The quantitative estimate of drug-likeness (QED) is 0.198. The van der Waals surface area contributed by atoms with E-state index in [2.05, 4.69) is 18.2 Å². The predicted octanol–water partition coefficient (Wildman–Crippen LogP) is 4.87. The van der Waals surface area contributed by atoms with Crippen LogP contribution in [0.2, 0.25) is 0 Å². The number of esters is 1. The molecule has 0 bridgehead atoms. The van der Waals surface area contributed by atoms with Crippen LogP contribution in [-0.4, -0.2) is 20.6 Å². The number of hydrogen-bond donors (Lipinski definition) is 2. The molecule has 2 aliphatic heterocycles. The van der Waals surface area contributed by atoms with Crippen molar-refractivity contribution in [2.24, 2.45) is 0 Å². The van der Waals surface area contributed by atoms with Crippen molar-refractivity contribution >= 4 is 33.3 Å². The Morgan fingerprint density at radius 3 is 2.58 bits per heavy atom. The third kappa shape index (κ3) is 3.58. The zero-order valence-electron chi connectivity index (χ0n) is 21.2. The van der Waals surface area contributed by atoms with Gasteiger partial charge in [0, 0.05) is 22.2 Å². The Labute approximate surface area is 219 Å². The van der Waals surface area contributed by atoms with E-state index in [9.17, 15) is 14.7 Å². The summed E-state index contributed by atoms with van der Waals surface area (Å²) in [4.78, 5) is 30.5. The molecule has 2 aromatic heterocycles. The lowest BCUT2D eigenvalue weighted by molar-refractivity contribution is -0.157. The molecular formula is C31H27N3O4. The van der Waals surface area contributed by atoms with Gasteiger partial charge in [0.05, 0.1) is 29.0 Å². The van der Waals surface area contributed by atoms with Gasteiger partial charge in [0.1, 0.15) is 6.61 Å². The number of nitrogens with zero attached hydrogens (tertiary/aromatic N) is 2. The molecule has 38 heavy (non-hydrogen) atoms. The second-order valence-corrected chi connectivity index (χ2v) is 9.38. The Balaban J connectivity index is 0.00000129. The van der Waals surface area contributed by atoms with Gasteiger partial charge in [0.15, 0.2) is 6.10 Å². The van der Waals surface area contributed by atoms with Gasteiger partial charge in [-0.25, -0.2) is 9.78 Å². The second kappa shape index (κ2) is 9.11. The normalized spacial score (nSPS) is 15.3. The molecule has 7 nitrogen and oxygen atoms in total. The average molecular weight is 506 g/mol. The number of anilines is 1. The smallest absolute Gasteiger partial charge is 0.340 e. The first-order valence-corrected chi connectivity index (χ1v) is 12.8. The first-order valence-electron chi connectivity index (χ1n) is 12.8. The van der Waals surface area contributed by atoms with Crippen LogP contribution < -0.4 is 11.3 Å². The van der Waals surface area contributed by atoms with E-state index in [1.165, 1.54) is 0 Å². The summed E-state index contributed by atoms with van der Waals surface area (Å²) in [6, 6.07) is 21.8. The first kappa shape index (κ1) is 23.9. The summed E-state index contributed by atoms with van der Waals surface area (Å²) in [5.41, 5.74) is 12.3. The molecule has 7 heteroatoms. The van der Waals surface area contributed by atoms with Crippen LogP contribution in [0.1, 0.15) is 47.8 Å². The first-order chi connectivity index (χ1) is 18.5. The maximum Gasteiger partial charge on any atom is 0.340 e. The second-order valence-electron chi connectivity index (χ2n) is 9.38. The topological polar surface area (TPSA) is 107 Å². The van der Waals surface area contributed by atoms with Crippen LogP contribution in [-0.2, 0) is 29.1 Å². The number of carbonyl (C=O) groups excluding carboxylic acids is 1. The maximum atomic E-state index is 13.5. The summed E-state index contributed by atoms with van der Waals surface area (Å²) < 4.78 is 6.71. The van der Waals surface area contributed by atoms with E-state index in [0.717, 1.165) is 38.4 Å². The van der Waals surface area contributed by atoms with Gasteiger partial charge in [0.25, 0.3) is 5.56 Å². The lowest BCUT2D eigenvalue weighted by Gasteiger charge is -2.21. The number of pyridine rings is 2. The van der Waals surface area contributed by atoms with Gasteiger partial charge in [-0.3, -0.25) is 4.79 Å². The zero-order valence-corrected chi connectivity index (χ0v) is 21.2. The van der Waals surface area contributed by atoms with Crippen LogP contribution in [0.5, 0.6) is 0 Å². The molecule has 190 valence electrons. The number of hydrogen-bond acceptors (Lipinski definition) is 6. The van der Waals surface area contributed by atoms with Crippen molar-refractivity contribution in [3.05, 3.63) is 105 Å². The van der Waals surface area contributed by atoms with Gasteiger partial charge in [-0.15, -0.1) is 0 Å². The van der Waals surface area contributed by atoms with Gasteiger partial charge < -0.3 is 20.1 Å². The van der Waals surface area contributed by atoms with Gasteiger partial charge in [-0.2, -0.15) is 0 Å². The standard InChI is InChI=1S/C29H21N3O4.C2H6/c30-17-8-5-15(6-9-17)11-19-21-13-32-24(12-20-22(28(32)34)14-36-29(35)27(20)33)26(21)31-23-10-7-16-3-1-2-4-18(16)25(19)23;1-2/h1-10,12,27,33H,11,13-14,30H2;1-2H3. The summed E-state index contributed by atoms with van der Waals surface area (Å²) in [5, 5.41) is 13.7. The molecule has 2 aliphatic rings. The molecule has 0 spiro atoms. The van der Waals surface area contributed by atoms with Crippen molar-refractivity contribution in [1.29, 1.82) is 0 Å². The Hall–Kier alpha value is -4.49. The highest BCUT2D eigenvalue weighted by atomic mass is 16.5. The molecule has 3 N–H and O–H groups in total. The molecule has 0 radical (unpaired) electrons. The summed E-state index contributed by atoms with van der Waals surface area (Å²) in [6.45, 7) is 4.22. The molecule has 0 aliphatic carbocycles. The van der Waals surface area contributed by atoms with E-state index in [0.29, 0.717) is 41.2 Å². The fourth-order valence-corrected chi connectivity index (χ4v) is 5.53. The lowest BCUT2D eigenvalue weighted by atomic mass is 9.91. The molecule has 7 rings (SSSR count). The predicted molar refractivity (Wildman–Crippen MR) is 148 cm³/mol. The van der Waals surface area contributed by atoms with Crippen LogP contribution in [0.3, 0.4) is 0 Å². The van der Waals surface area contributed by atoms with Crippen LogP contribution >= 0.6 is 0 Å². The molecule has 4 heterocycles. The number of benzene rings is 3. The van der Waals surface area contributed by atoms with Crippen molar-refractivity contribution in [1.82, 2.24) is 9.55 Å². The number of carbonyl (C=O) groups is 1. The molecule has 3 aromatic carbocycles. The van der Waals surface area contributed by atoms with E-state index >= 15 is 0 Å². The van der Waals surface area contributed by atoms with Crippen molar-refractivity contribution in [2.45, 2.75) is 39.5 Å². The highest BCUT2D eigenvalue weighted by Gasteiger charge is 2.34. The lowest BCUT2D eigenvalue weighted by Crippen LogP contribution is -2.32. The Kier molecular flexibility index (Phi) is 5.73. The highest BCUT2D eigenvalue weighted by molar-refractivity contribution is 6.09. The summed E-state index contributed by atoms with van der Waals surface area (Å²) in [5.74, 6) is -0.743. The molecule has 1 unspecified atom stereocenters. The van der Waals surface area contributed by atoms with Crippen molar-refractivity contribution in [3.63, 3.8) is 0 Å². The molecule has 0 fully saturated rings. The van der Waals surface area contributed by atoms with Crippen LogP contribution in [0.25, 0.3) is 33.1 Å². The number of aliphatic hydroxyl groups excluding tert-OH is 1. The molecule has 5 aromatic rings. The van der Waals surface area contributed by atoms with Gasteiger partial charge in [0.2, 0.25) is 0 Å². The summed E-state index contributed by atoms with van der Waals surface area (Å²) in [7, 11) is 0. The Bertz CT molecular complexity index is 1810. The number of aliphatic hydroxyl groups is 1.